The van der Waals surface area contributed by atoms with E-state index in [4.69, 9.17) is 0 Å². The number of pyridine rings is 1. The van der Waals surface area contributed by atoms with E-state index < -0.39 is 0 Å². The second-order valence-corrected chi connectivity index (χ2v) is 5.58. The van der Waals surface area contributed by atoms with E-state index in [9.17, 15) is 0 Å². The van der Waals surface area contributed by atoms with Crippen LogP contribution in [0.5, 0.6) is 0 Å². The van der Waals surface area contributed by atoms with Crippen molar-refractivity contribution in [2.75, 3.05) is 11.6 Å². The summed E-state index contributed by atoms with van der Waals surface area (Å²) in [6.07, 6.45) is 10.3. The number of anilines is 1. The first-order valence-corrected chi connectivity index (χ1v) is 7.90. The Balaban J connectivity index is 1.92. The smallest absolute Gasteiger partial charge is 0.254 e. The van der Waals surface area contributed by atoms with E-state index in [-0.39, 0.29) is 0 Å². The van der Waals surface area contributed by atoms with Gasteiger partial charge in [0, 0.05) is 25.5 Å². The van der Waals surface area contributed by atoms with Crippen LogP contribution in [0.15, 0.2) is 31.0 Å². The highest BCUT2D eigenvalue weighted by Gasteiger charge is 2.19. The predicted octanol–water partition coefficient (Wildman–Crippen LogP) is 1.27. The minimum Gasteiger partial charge on any atom is -0.267 e. The molecule has 0 unspecified atom stereocenters. The molecule has 1 aliphatic heterocycles. The van der Waals surface area contributed by atoms with Crippen molar-refractivity contribution in [3.8, 4) is 0 Å². The zero-order chi connectivity index (χ0) is 16.1. The number of aryl methyl sites for hydroxylation is 1. The lowest BCUT2D eigenvalue weighted by Gasteiger charge is -2.24. The topological polar surface area (TPSA) is 89.1 Å². The van der Waals surface area contributed by atoms with Crippen LogP contribution in [-0.4, -0.2) is 40.9 Å². The van der Waals surface area contributed by atoms with Crippen molar-refractivity contribution in [1.29, 1.82) is 0 Å². The second-order valence-electron chi connectivity index (χ2n) is 5.58. The lowest BCUT2D eigenvalue weighted by atomic mass is 10.2. The average Bonchev–Trinajstić information content (AvgIpc) is 3.27. The molecule has 9 heteroatoms. The summed E-state index contributed by atoms with van der Waals surface area (Å²) in [5.74, 6) is 1.31. The molecule has 5 heterocycles. The summed E-state index contributed by atoms with van der Waals surface area (Å²) in [7, 11) is 0. The van der Waals surface area contributed by atoms with E-state index in [0.29, 0.717) is 5.78 Å². The number of nitrogens with zero attached hydrogens (tertiary/aromatic N) is 8. The Morgan fingerprint density at radius 3 is 2.96 bits per heavy atom. The van der Waals surface area contributed by atoms with Crippen molar-refractivity contribution in [3.63, 3.8) is 0 Å². The van der Waals surface area contributed by atoms with Crippen LogP contribution in [0.3, 0.4) is 0 Å². The van der Waals surface area contributed by atoms with E-state index in [2.05, 4.69) is 36.7 Å². The van der Waals surface area contributed by atoms with Crippen LogP contribution >= 0.6 is 0 Å². The molecule has 0 amide bonds. The normalized spacial score (nSPS) is 15.1. The lowest BCUT2D eigenvalue weighted by Crippen LogP contribution is -2.37. The van der Waals surface area contributed by atoms with Crippen molar-refractivity contribution in [1.82, 2.24) is 39.8 Å². The molecule has 0 spiro atoms. The molecule has 1 N–H and O–H groups in total. The molecule has 0 atom stereocenters. The summed E-state index contributed by atoms with van der Waals surface area (Å²) in [5.41, 5.74) is 5.08. The van der Waals surface area contributed by atoms with E-state index >= 15 is 0 Å². The molecular weight excluding hydrogens is 306 g/mol. The molecule has 0 fully saturated rings. The minimum atomic E-state index is 0.551. The van der Waals surface area contributed by atoms with Crippen molar-refractivity contribution in [2.24, 2.45) is 0 Å². The summed E-state index contributed by atoms with van der Waals surface area (Å²) in [4.78, 5) is 13.5. The summed E-state index contributed by atoms with van der Waals surface area (Å²) in [6, 6.07) is 0. The molecular formula is C15H15N9. The Morgan fingerprint density at radius 2 is 2.12 bits per heavy atom. The van der Waals surface area contributed by atoms with E-state index in [1.54, 1.807) is 4.52 Å². The van der Waals surface area contributed by atoms with Gasteiger partial charge in [-0.05, 0) is 13.3 Å². The minimum absolute atomic E-state index is 0.551. The van der Waals surface area contributed by atoms with Gasteiger partial charge in [-0.1, -0.05) is 6.08 Å². The van der Waals surface area contributed by atoms with E-state index in [0.717, 1.165) is 47.3 Å². The van der Waals surface area contributed by atoms with Gasteiger partial charge in [-0.15, -0.1) is 0 Å². The summed E-state index contributed by atoms with van der Waals surface area (Å²) >= 11 is 0. The molecule has 24 heavy (non-hydrogen) atoms. The Bertz CT molecular complexity index is 1090. The molecule has 5 rings (SSSR count). The second kappa shape index (κ2) is 4.96. The molecule has 0 bridgehead atoms. The Morgan fingerprint density at radius 1 is 1.17 bits per heavy atom. The summed E-state index contributed by atoms with van der Waals surface area (Å²) in [6.45, 7) is 3.67. The SMILES string of the molecule is CCn1ncc2c1ncc1c(N3C=CCCN3)nc3ncnn3c12. The van der Waals surface area contributed by atoms with E-state index in [1.807, 2.05) is 35.2 Å². The van der Waals surface area contributed by atoms with Crippen LogP contribution in [-0.2, 0) is 6.54 Å². The number of rotatable bonds is 2. The Kier molecular flexibility index (Phi) is 2.77. The third-order valence-electron chi connectivity index (χ3n) is 4.20. The summed E-state index contributed by atoms with van der Waals surface area (Å²) < 4.78 is 3.62. The van der Waals surface area contributed by atoms with Crippen LogP contribution in [0.2, 0.25) is 0 Å². The van der Waals surface area contributed by atoms with Gasteiger partial charge in [-0.25, -0.2) is 15.1 Å². The lowest BCUT2D eigenvalue weighted by molar-refractivity contribution is 0.670. The third-order valence-corrected chi connectivity index (χ3v) is 4.20. The van der Waals surface area contributed by atoms with Crippen molar-refractivity contribution in [2.45, 2.75) is 19.9 Å². The number of aromatic nitrogens is 7. The van der Waals surface area contributed by atoms with Crippen LogP contribution in [0.4, 0.5) is 5.82 Å². The Hall–Kier alpha value is -3.07. The predicted molar refractivity (Wildman–Crippen MR) is 89.3 cm³/mol. The molecule has 0 aromatic carbocycles. The maximum Gasteiger partial charge on any atom is 0.254 e. The van der Waals surface area contributed by atoms with Gasteiger partial charge in [0.25, 0.3) is 5.78 Å². The summed E-state index contributed by atoms with van der Waals surface area (Å²) in [5, 5.41) is 12.5. The fourth-order valence-electron chi connectivity index (χ4n) is 3.09. The molecule has 4 aromatic rings. The van der Waals surface area contributed by atoms with Gasteiger partial charge in [0.05, 0.1) is 22.5 Å². The molecule has 0 saturated carbocycles. The fraction of sp³-hybridized carbons (Fsp3) is 0.267. The zero-order valence-corrected chi connectivity index (χ0v) is 13.1. The Labute approximate surface area is 136 Å². The third kappa shape index (κ3) is 1.75. The van der Waals surface area contributed by atoms with Crippen molar-refractivity contribution < 1.29 is 0 Å². The van der Waals surface area contributed by atoms with Gasteiger partial charge in [-0.3, -0.25) is 5.01 Å². The number of fused-ring (bicyclic) bond motifs is 5. The van der Waals surface area contributed by atoms with Crippen LogP contribution < -0.4 is 10.4 Å². The molecule has 0 saturated heterocycles. The number of hydrogen-bond acceptors (Lipinski definition) is 7. The van der Waals surface area contributed by atoms with Crippen molar-refractivity contribution >= 4 is 33.5 Å². The highest BCUT2D eigenvalue weighted by molar-refractivity contribution is 6.06. The molecule has 0 radical (unpaired) electrons. The van der Waals surface area contributed by atoms with Gasteiger partial charge < -0.3 is 0 Å². The molecule has 120 valence electrons. The van der Waals surface area contributed by atoms with Crippen molar-refractivity contribution in [3.05, 3.63) is 31.0 Å². The van der Waals surface area contributed by atoms with Crippen LogP contribution in [0.25, 0.3) is 27.7 Å². The van der Waals surface area contributed by atoms with Gasteiger partial charge in [0.1, 0.15) is 6.33 Å². The highest BCUT2D eigenvalue weighted by atomic mass is 15.5. The average molecular weight is 321 g/mol. The quantitative estimate of drug-likeness (QED) is 0.594. The standard InChI is InChI=1S/C15H15N9/c1-2-22-13-11(8-19-22)12-10(7-16-13)14(23-6-4-3-5-18-23)21-15-17-9-20-24(12)15/h4,6-9,18H,2-3,5H2,1H3. The zero-order valence-electron chi connectivity index (χ0n) is 13.1. The van der Waals surface area contributed by atoms with Gasteiger partial charge in [-0.2, -0.15) is 24.7 Å². The monoisotopic (exact) mass is 321 g/mol. The van der Waals surface area contributed by atoms with Crippen LogP contribution in [0.1, 0.15) is 13.3 Å². The van der Waals surface area contributed by atoms with Gasteiger partial charge in [0.2, 0.25) is 0 Å². The first-order valence-electron chi connectivity index (χ1n) is 7.90. The maximum absolute atomic E-state index is 4.66. The fourth-order valence-corrected chi connectivity index (χ4v) is 3.09. The molecule has 1 aliphatic rings. The van der Waals surface area contributed by atoms with Gasteiger partial charge in [0.15, 0.2) is 11.5 Å². The first kappa shape index (κ1) is 13.4. The molecule has 4 aromatic heterocycles. The number of nitrogens with one attached hydrogen (secondary N) is 1. The first-order chi connectivity index (χ1) is 11.9. The largest absolute Gasteiger partial charge is 0.267 e. The molecule has 9 nitrogen and oxygen atoms in total. The molecule has 0 aliphatic carbocycles. The highest BCUT2D eigenvalue weighted by Crippen LogP contribution is 2.30. The maximum atomic E-state index is 4.66. The van der Waals surface area contributed by atoms with Crippen LogP contribution in [0, 0.1) is 0 Å². The van der Waals surface area contributed by atoms with E-state index in [1.165, 1.54) is 6.33 Å². The number of hydrazine groups is 1. The number of hydrogen-bond donors (Lipinski definition) is 1. The van der Waals surface area contributed by atoms with Gasteiger partial charge >= 0.3 is 0 Å².